The molecule has 2 heterocycles. The number of fused-ring (bicyclic) bond motifs is 1. The zero-order chi connectivity index (χ0) is 25.0. The van der Waals surface area contributed by atoms with Gasteiger partial charge in [0.1, 0.15) is 11.4 Å². The number of methoxy groups -OCH3 is 1. The van der Waals surface area contributed by atoms with E-state index in [-0.39, 0.29) is 5.69 Å². The second-order valence-electron chi connectivity index (χ2n) is 7.67. The normalized spacial score (nSPS) is 11.0. The zero-order valence-corrected chi connectivity index (χ0v) is 19.8. The van der Waals surface area contributed by atoms with Crippen LogP contribution in [0.3, 0.4) is 0 Å². The van der Waals surface area contributed by atoms with Crippen LogP contribution >= 0.6 is 0 Å². The zero-order valence-electron chi connectivity index (χ0n) is 19.8. The van der Waals surface area contributed by atoms with Gasteiger partial charge in [0.2, 0.25) is 6.41 Å². The van der Waals surface area contributed by atoms with Gasteiger partial charge in [-0.3, -0.25) is 14.8 Å². The first-order valence-electron chi connectivity index (χ1n) is 10.3. The van der Waals surface area contributed by atoms with Crippen LogP contribution in [0.25, 0.3) is 16.5 Å². The fourth-order valence-electron chi connectivity index (χ4n) is 3.64. The molecule has 7 nitrogen and oxygen atoms in total. The maximum atomic E-state index is 14.7. The predicted octanol–water partition coefficient (Wildman–Crippen LogP) is 4.20. The third-order valence-electron chi connectivity index (χ3n) is 5.12. The van der Waals surface area contributed by atoms with Crippen molar-refractivity contribution in [2.24, 2.45) is 0 Å². The highest BCUT2D eigenvalue weighted by Gasteiger charge is 2.24. The lowest BCUT2D eigenvalue weighted by Crippen LogP contribution is -2.21. The predicted molar refractivity (Wildman–Crippen MR) is 130 cm³/mol. The van der Waals surface area contributed by atoms with Crippen molar-refractivity contribution < 1.29 is 18.3 Å². The molecule has 0 spiro atoms. The van der Waals surface area contributed by atoms with Crippen LogP contribution in [0.15, 0.2) is 36.9 Å². The third kappa shape index (κ3) is 4.62. The Kier molecular flexibility index (Phi) is 7.31. The number of anilines is 3. The van der Waals surface area contributed by atoms with Gasteiger partial charge in [0.25, 0.3) is 0 Å². The van der Waals surface area contributed by atoms with Crippen molar-refractivity contribution in [2.75, 3.05) is 45.1 Å². The van der Waals surface area contributed by atoms with Crippen LogP contribution in [0.1, 0.15) is 12.5 Å². The smallest absolute Gasteiger partial charge is 0.213 e. The summed E-state index contributed by atoms with van der Waals surface area (Å²) in [5.74, 6) is 4.82. The van der Waals surface area contributed by atoms with Gasteiger partial charge in [0, 0.05) is 51.4 Å². The summed E-state index contributed by atoms with van der Waals surface area (Å²) in [4.78, 5) is 24.2. The molecule has 176 valence electrons. The van der Waals surface area contributed by atoms with Crippen molar-refractivity contribution in [1.29, 1.82) is 0 Å². The monoisotopic (exact) mass is 465 g/mol. The SMILES string of the molecule is CC#C/C(=C\N(C)C)c1cc2c(N(C)c3c(F)cncc3F)c(N(C)C=O)cnc2cc1OC. The van der Waals surface area contributed by atoms with Crippen molar-refractivity contribution in [3.63, 3.8) is 0 Å². The van der Waals surface area contributed by atoms with E-state index in [4.69, 9.17) is 4.74 Å². The summed E-state index contributed by atoms with van der Waals surface area (Å²) < 4.78 is 35.0. The number of rotatable bonds is 7. The van der Waals surface area contributed by atoms with Crippen LogP contribution in [-0.4, -0.2) is 56.6 Å². The standard InChI is InChI=1S/C25H25F2N5O2/c1-7-8-16(14-30(2)3)17-9-18-21(10-23(17)34-6)29-13-22(31(4)15-33)24(18)32(5)25-19(26)11-28-12-20(25)27/h9-15H,1-6H3/b16-14+. The van der Waals surface area contributed by atoms with E-state index in [1.807, 2.05) is 25.2 Å². The van der Waals surface area contributed by atoms with Gasteiger partial charge in [0.15, 0.2) is 11.6 Å². The van der Waals surface area contributed by atoms with Gasteiger partial charge in [-0.1, -0.05) is 5.92 Å². The number of pyridine rings is 2. The van der Waals surface area contributed by atoms with Crippen LogP contribution in [-0.2, 0) is 4.79 Å². The van der Waals surface area contributed by atoms with Gasteiger partial charge < -0.3 is 19.4 Å². The fraction of sp³-hybridized carbons (Fsp3) is 0.240. The molecule has 0 unspecified atom stereocenters. The first kappa shape index (κ1) is 24.5. The van der Waals surface area contributed by atoms with E-state index in [1.165, 1.54) is 30.1 Å². The topological polar surface area (TPSA) is 61.8 Å². The van der Waals surface area contributed by atoms with E-state index in [1.54, 1.807) is 26.2 Å². The number of carbonyl (C=O) groups excluding carboxylic acids is 1. The molecule has 0 saturated carbocycles. The Balaban J connectivity index is 2.45. The van der Waals surface area contributed by atoms with E-state index < -0.39 is 11.6 Å². The highest BCUT2D eigenvalue weighted by molar-refractivity contribution is 6.05. The first-order valence-corrected chi connectivity index (χ1v) is 10.3. The Morgan fingerprint density at radius 3 is 2.29 bits per heavy atom. The number of amides is 1. The molecule has 0 aliphatic carbocycles. The Morgan fingerprint density at radius 2 is 1.74 bits per heavy atom. The minimum absolute atomic E-state index is 0.308. The number of aromatic nitrogens is 2. The van der Waals surface area contributed by atoms with Crippen molar-refractivity contribution in [3.8, 4) is 17.6 Å². The minimum Gasteiger partial charge on any atom is -0.496 e. The van der Waals surface area contributed by atoms with Crippen LogP contribution in [0.5, 0.6) is 5.75 Å². The van der Waals surface area contributed by atoms with Gasteiger partial charge in [0.05, 0.1) is 48.2 Å². The number of ether oxygens (including phenoxy) is 1. The van der Waals surface area contributed by atoms with Gasteiger partial charge in [-0.25, -0.2) is 8.78 Å². The molecule has 34 heavy (non-hydrogen) atoms. The highest BCUT2D eigenvalue weighted by atomic mass is 19.1. The maximum absolute atomic E-state index is 14.7. The van der Waals surface area contributed by atoms with E-state index >= 15 is 0 Å². The summed E-state index contributed by atoms with van der Waals surface area (Å²) in [5, 5.41) is 0.544. The third-order valence-corrected chi connectivity index (χ3v) is 5.12. The number of hydrogen-bond acceptors (Lipinski definition) is 6. The second kappa shape index (κ2) is 10.2. The Morgan fingerprint density at radius 1 is 1.06 bits per heavy atom. The highest BCUT2D eigenvalue weighted by Crippen LogP contribution is 2.42. The molecule has 0 fully saturated rings. The molecule has 0 saturated heterocycles. The van der Waals surface area contributed by atoms with Gasteiger partial charge in [-0.05, 0) is 13.0 Å². The molecule has 0 atom stereocenters. The fourth-order valence-corrected chi connectivity index (χ4v) is 3.64. The number of benzene rings is 1. The molecule has 0 aliphatic rings. The number of nitrogens with zero attached hydrogens (tertiary/aromatic N) is 5. The molecule has 0 radical (unpaired) electrons. The summed E-state index contributed by atoms with van der Waals surface area (Å²) in [6, 6.07) is 3.53. The Labute approximate surface area is 197 Å². The largest absolute Gasteiger partial charge is 0.496 e. The number of carbonyl (C=O) groups is 1. The van der Waals surface area contributed by atoms with Crippen LogP contribution in [0.2, 0.25) is 0 Å². The van der Waals surface area contributed by atoms with Crippen molar-refractivity contribution in [3.05, 3.63) is 54.1 Å². The molecular formula is C25H25F2N5O2. The maximum Gasteiger partial charge on any atom is 0.213 e. The molecule has 1 aromatic carbocycles. The number of hydrogen-bond donors (Lipinski definition) is 0. The summed E-state index contributed by atoms with van der Waals surface area (Å²) in [7, 11) is 8.34. The molecule has 9 heteroatoms. The summed E-state index contributed by atoms with van der Waals surface area (Å²) in [5.41, 5.74) is 2.27. The van der Waals surface area contributed by atoms with Gasteiger partial charge in [-0.15, -0.1) is 5.92 Å². The average molecular weight is 466 g/mol. The van der Waals surface area contributed by atoms with Crippen molar-refractivity contribution in [1.82, 2.24) is 14.9 Å². The van der Waals surface area contributed by atoms with Gasteiger partial charge in [-0.2, -0.15) is 0 Å². The number of allylic oxidation sites excluding steroid dienone is 1. The lowest BCUT2D eigenvalue weighted by molar-refractivity contribution is -0.107. The quantitative estimate of drug-likeness (QED) is 0.385. The molecular weight excluding hydrogens is 440 g/mol. The Hall–Kier alpha value is -4.19. The molecule has 0 aliphatic heterocycles. The van der Waals surface area contributed by atoms with Gasteiger partial charge >= 0.3 is 0 Å². The van der Waals surface area contributed by atoms with E-state index in [0.29, 0.717) is 45.6 Å². The second-order valence-corrected chi connectivity index (χ2v) is 7.67. The van der Waals surface area contributed by atoms with Crippen LogP contribution < -0.4 is 14.5 Å². The summed E-state index contributed by atoms with van der Waals surface area (Å²) in [6.07, 6.45) is 5.79. The molecule has 1 amide bonds. The molecule has 0 N–H and O–H groups in total. The van der Waals surface area contributed by atoms with E-state index in [0.717, 1.165) is 12.4 Å². The van der Waals surface area contributed by atoms with E-state index in [9.17, 15) is 13.6 Å². The molecule has 3 aromatic rings. The molecule has 3 rings (SSSR count). The van der Waals surface area contributed by atoms with E-state index in [2.05, 4.69) is 21.8 Å². The minimum atomic E-state index is -0.842. The summed E-state index contributed by atoms with van der Waals surface area (Å²) >= 11 is 0. The average Bonchev–Trinajstić information content (AvgIpc) is 2.81. The lowest BCUT2D eigenvalue weighted by Gasteiger charge is -2.27. The molecule has 2 aromatic heterocycles. The van der Waals surface area contributed by atoms with Crippen LogP contribution in [0, 0.1) is 23.5 Å². The first-order chi connectivity index (χ1) is 16.2. The van der Waals surface area contributed by atoms with Crippen molar-refractivity contribution in [2.45, 2.75) is 6.92 Å². The summed E-state index contributed by atoms with van der Waals surface area (Å²) in [6.45, 7) is 1.73. The Bertz CT molecular complexity index is 1310. The lowest BCUT2D eigenvalue weighted by atomic mass is 10.0. The van der Waals surface area contributed by atoms with Crippen molar-refractivity contribution >= 4 is 39.9 Å². The van der Waals surface area contributed by atoms with Crippen LogP contribution in [0.4, 0.5) is 25.8 Å². The molecule has 0 bridgehead atoms. The number of halogens is 2.